The van der Waals surface area contributed by atoms with Crippen molar-refractivity contribution in [1.82, 2.24) is 4.98 Å². The number of rotatable bonds is 2. The number of benzene rings is 1. The first-order valence-corrected chi connectivity index (χ1v) is 6.40. The molecule has 0 atom stereocenters. The van der Waals surface area contributed by atoms with E-state index in [1.165, 1.54) is 7.11 Å². The molecule has 0 saturated carbocycles. The molecule has 1 aromatic carbocycles. The Morgan fingerprint density at radius 2 is 2.11 bits per heavy atom. The molecule has 1 heterocycles. The molecule has 94 valence electrons. The summed E-state index contributed by atoms with van der Waals surface area (Å²) in [6.07, 6.45) is 0. The fourth-order valence-electron chi connectivity index (χ4n) is 1.41. The molecule has 1 aromatic heterocycles. The first kappa shape index (κ1) is 13.1. The number of halogens is 2. The molecule has 7 heteroatoms. The Bertz CT molecular complexity index is 613. The number of anilines is 1. The number of nitrogen functional groups attached to an aromatic ring is 1. The van der Waals surface area contributed by atoms with Crippen LogP contribution in [0.3, 0.4) is 0 Å². The number of nitrogens with zero attached hydrogens (tertiary/aromatic N) is 1. The van der Waals surface area contributed by atoms with Crippen LogP contribution < -0.4 is 5.73 Å². The van der Waals surface area contributed by atoms with Crippen LogP contribution >= 0.6 is 34.5 Å². The highest BCUT2D eigenvalue weighted by molar-refractivity contribution is 7.17. The lowest BCUT2D eigenvalue weighted by molar-refractivity contribution is 0.0607. The van der Waals surface area contributed by atoms with Crippen LogP contribution in [-0.2, 0) is 4.74 Å². The summed E-state index contributed by atoms with van der Waals surface area (Å²) < 4.78 is 4.68. The number of hydrogen-bond acceptors (Lipinski definition) is 5. The Labute approximate surface area is 117 Å². The average molecular weight is 303 g/mol. The van der Waals surface area contributed by atoms with Crippen molar-refractivity contribution in [3.05, 3.63) is 33.1 Å². The molecular weight excluding hydrogens is 295 g/mol. The number of nitrogens with two attached hydrogens (primary N) is 1. The molecule has 2 rings (SSSR count). The maximum Gasteiger partial charge on any atom is 0.350 e. The lowest BCUT2D eigenvalue weighted by atomic mass is 10.1. The smallest absolute Gasteiger partial charge is 0.350 e. The van der Waals surface area contributed by atoms with Gasteiger partial charge in [0.2, 0.25) is 0 Å². The number of methoxy groups -OCH3 is 1. The third-order valence-electron chi connectivity index (χ3n) is 2.21. The number of carbonyl (C=O) groups excluding carboxylic acids is 1. The summed E-state index contributed by atoms with van der Waals surface area (Å²) in [6.45, 7) is 0. The van der Waals surface area contributed by atoms with Gasteiger partial charge in [-0.3, -0.25) is 0 Å². The molecule has 0 bridgehead atoms. The van der Waals surface area contributed by atoms with Crippen molar-refractivity contribution in [1.29, 1.82) is 0 Å². The van der Waals surface area contributed by atoms with Gasteiger partial charge < -0.3 is 10.5 Å². The van der Waals surface area contributed by atoms with Gasteiger partial charge >= 0.3 is 5.97 Å². The third kappa shape index (κ3) is 2.43. The predicted octanol–water partition coefficient (Wildman–Crippen LogP) is 3.49. The SMILES string of the molecule is COC(=O)c1sc(N)nc1-c1ccc(Cl)c(Cl)c1. The van der Waals surface area contributed by atoms with E-state index in [1.54, 1.807) is 18.2 Å². The summed E-state index contributed by atoms with van der Waals surface area (Å²) in [5, 5.41) is 1.11. The molecule has 2 aromatic rings. The van der Waals surface area contributed by atoms with E-state index in [0.717, 1.165) is 11.3 Å². The summed E-state index contributed by atoms with van der Waals surface area (Å²) in [6, 6.07) is 4.98. The molecule has 0 aliphatic heterocycles. The average Bonchev–Trinajstić information content (AvgIpc) is 2.74. The Balaban J connectivity index is 2.56. The van der Waals surface area contributed by atoms with Crippen LogP contribution in [0.2, 0.25) is 10.0 Å². The fourth-order valence-corrected chi connectivity index (χ4v) is 2.48. The lowest BCUT2D eigenvalue weighted by Crippen LogP contribution is -2.00. The Morgan fingerprint density at radius 1 is 1.39 bits per heavy atom. The van der Waals surface area contributed by atoms with E-state index in [1.807, 2.05) is 0 Å². The highest BCUT2D eigenvalue weighted by atomic mass is 35.5. The van der Waals surface area contributed by atoms with E-state index >= 15 is 0 Å². The number of hydrogen-bond donors (Lipinski definition) is 1. The van der Waals surface area contributed by atoms with Crippen molar-refractivity contribution in [2.24, 2.45) is 0 Å². The minimum Gasteiger partial charge on any atom is -0.465 e. The topological polar surface area (TPSA) is 65.2 Å². The Morgan fingerprint density at radius 3 is 2.72 bits per heavy atom. The Kier molecular flexibility index (Phi) is 3.75. The van der Waals surface area contributed by atoms with Gasteiger partial charge in [0.15, 0.2) is 5.13 Å². The first-order valence-electron chi connectivity index (χ1n) is 4.83. The number of aromatic nitrogens is 1. The van der Waals surface area contributed by atoms with Crippen LogP contribution in [-0.4, -0.2) is 18.1 Å². The Hall–Kier alpha value is -1.30. The highest BCUT2D eigenvalue weighted by Gasteiger charge is 2.19. The van der Waals surface area contributed by atoms with Gasteiger partial charge in [0, 0.05) is 5.56 Å². The molecule has 18 heavy (non-hydrogen) atoms. The molecule has 0 fully saturated rings. The van der Waals surface area contributed by atoms with Crippen LogP contribution in [0.4, 0.5) is 5.13 Å². The van der Waals surface area contributed by atoms with Crippen molar-refractivity contribution in [3.63, 3.8) is 0 Å². The van der Waals surface area contributed by atoms with E-state index in [2.05, 4.69) is 9.72 Å². The molecule has 0 unspecified atom stereocenters. The second-order valence-electron chi connectivity index (χ2n) is 3.35. The van der Waals surface area contributed by atoms with Gasteiger partial charge in [-0.25, -0.2) is 9.78 Å². The van der Waals surface area contributed by atoms with Crippen LogP contribution in [0.5, 0.6) is 0 Å². The van der Waals surface area contributed by atoms with Gasteiger partial charge in [-0.2, -0.15) is 0 Å². The largest absolute Gasteiger partial charge is 0.465 e. The van der Waals surface area contributed by atoms with Gasteiger partial charge in [-0.15, -0.1) is 0 Å². The molecular formula is C11H8Cl2N2O2S. The van der Waals surface area contributed by atoms with Crippen LogP contribution in [0.15, 0.2) is 18.2 Å². The normalized spacial score (nSPS) is 10.4. The van der Waals surface area contributed by atoms with Crippen molar-refractivity contribution < 1.29 is 9.53 Å². The monoisotopic (exact) mass is 302 g/mol. The molecule has 0 radical (unpaired) electrons. The number of carbonyl (C=O) groups is 1. The quantitative estimate of drug-likeness (QED) is 0.863. The van der Waals surface area contributed by atoms with Gasteiger partial charge in [-0.1, -0.05) is 40.6 Å². The zero-order valence-electron chi connectivity index (χ0n) is 9.24. The van der Waals surface area contributed by atoms with Gasteiger partial charge in [0.1, 0.15) is 4.88 Å². The zero-order valence-corrected chi connectivity index (χ0v) is 11.6. The lowest BCUT2D eigenvalue weighted by Gasteiger charge is -2.02. The first-order chi connectivity index (χ1) is 8.52. The molecule has 0 saturated heterocycles. The van der Waals surface area contributed by atoms with Gasteiger partial charge in [0.25, 0.3) is 0 Å². The molecule has 0 amide bonds. The number of esters is 1. The fraction of sp³-hybridized carbons (Fsp3) is 0.0909. The number of ether oxygens (including phenoxy) is 1. The van der Waals surface area contributed by atoms with E-state index in [9.17, 15) is 4.79 Å². The number of thiazole rings is 1. The van der Waals surface area contributed by atoms with Crippen LogP contribution in [0.25, 0.3) is 11.3 Å². The van der Waals surface area contributed by atoms with E-state index < -0.39 is 5.97 Å². The summed E-state index contributed by atoms with van der Waals surface area (Å²) in [5.41, 5.74) is 6.73. The summed E-state index contributed by atoms with van der Waals surface area (Å²) in [4.78, 5) is 16.1. The van der Waals surface area contributed by atoms with Crippen LogP contribution in [0.1, 0.15) is 9.67 Å². The summed E-state index contributed by atoms with van der Waals surface area (Å²) in [7, 11) is 1.30. The third-order valence-corrected chi connectivity index (χ3v) is 3.81. The molecule has 0 spiro atoms. The predicted molar refractivity (Wildman–Crippen MR) is 73.3 cm³/mol. The van der Waals surface area contributed by atoms with Crippen molar-refractivity contribution in [2.75, 3.05) is 12.8 Å². The van der Waals surface area contributed by atoms with E-state index in [4.69, 9.17) is 28.9 Å². The van der Waals surface area contributed by atoms with E-state index in [0.29, 0.717) is 26.2 Å². The van der Waals surface area contributed by atoms with Crippen molar-refractivity contribution in [3.8, 4) is 11.3 Å². The zero-order chi connectivity index (χ0) is 13.3. The minimum absolute atomic E-state index is 0.288. The summed E-state index contributed by atoms with van der Waals surface area (Å²) in [5.74, 6) is -0.481. The van der Waals surface area contributed by atoms with Gasteiger partial charge in [-0.05, 0) is 12.1 Å². The van der Waals surface area contributed by atoms with Gasteiger partial charge in [0.05, 0.1) is 22.8 Å². The molecule has 4 nitrogen and oxygen atoms in total. The van der Waals surface area contributed by atoms with Crippen molar-refractivity contribution >= 4 is 45.6 Å². The maximum atomic E-state index is 11.6. The highest BCUT2D eigenvalue weighted by Crippen LogP contribution is 2.33. The minimum atomic E-state index is -0.481. The molecule has 2 N–H and O–H groups in total. The van der Waals surface area contributed by atoms with Crippen molar-refractivity contribution in [2.45, 2.75) is 0 Å². The summed E-state index contributed by atoms with van der Waals surface area (Å²) >= 11 is 12.8. The second kappa shape index (κ2) is 5.14. The second-order valence-corrected chi connectivity index (χ2v) is 5.20. The van der Waals surface area contributed by atoms with Crippen LogP contribution in [0, 0.1) is 0 Å². The maximum absolute atomic E-state index is 11.6. The standard InChI is InChI=1S/C11H8Cl2N2O2S/c1-17-10(16)9-8(15-11(14)18-9)5-2-3-6(12)7(13)4-5/h2-4H,1H3,(H2,14,15). The molecule has 0 aliphatic carbocycles. The molecule has 0 aliphatic rings. The van der Waals surface area contributed by atoms with E-state index in [-0.39, 0.29) is 5.13 Å².